The monoisotopic (exact) mass is 498 g/mol. The number of methoxy groups -OCH3 is 1. The fourth-order valence-electron chi connectivity index (χ4n) is 5.06. The Morgan fingerprint density at radius 2 is 2.03 bits per heavy atom. The van der Waals surface area contributed by atoms with Crippen LogP contribution in [0.25, 0.3) is 10.9 Å². The maximum Gasteiger partial charge on any atom is 0.119 e. The van der Waals surface area contributed by atoms with E-state index in [0.29, 0.717) is 11.8 Å². The van der Waals surface area contributed by atoms with E-state index in [9.17, 15) is 5.11 Å². The summed E-state index contributed by atoms with van der Waals surface area (Å²) in [6, 6.07) is 16.3. The molecule has 1 aromatic heterocycles. The Labute approximate surface area is 212 Å². The second-order valence-electron chi connectivity index (χ2n) is 9.17. The number of benzene rings is 2. The van der Waals surface area contributed by atoms with Crippen LogP contribution in [-0.2, 0) is 6.42 Å². The standard InChI is InChI=1S/C28H35ClN2O2S/c1-33-24-10-11-27-25(18-24)22(12-14-30-27)7-4-6-21-13-16-31(19-23(21)20-32)15-5-17-34-28-9-3-2-8-26(28)29/h2-3,8-12,14,18,21,23,32H,4-7,13,15-17,19-20H2,1H3/t21-,23-/m1/s1. The number of likely N-dealkylation sites (tertiary alicyclic amines) is 1. The van der Waals surface area contributed by atoms with Crippen molar-refractivity contribution in [2.45, 2.75) is 37.0 Å². The number of hydrogen-bond donors (Lipinski definition) is 1. The number of thioether (sulfide) groups is 1. The molecule has 1 saturated heterocycles. The van der Waals surface area contributed by atoms with Crippen molar-refractivity contribution >= 4 is 34.3 Å². The molecule has 1 aliphatic rings. The summed E-state index contributed by atoms with van der Waals surface area (Å²) in [6.07, 6.45) is 7.54. The third-order valence-corrected chi connectivity index (χ3v) is 8.58. The zero-order chi connectivity index (χ0) is 23.8. The van der Waals surface area contributed by atoms with Crippen LogP contribution in [0.1, 0.15) is 31.2 Å². The highest BCUT2D eigenvalue weighted by atomic mass is 35.5. The van der Waals surface area contributed by atoms with Crippen LogP contribution in [-0.4, -0.2) is 54.1 Å². The molecule has 6 heteroatoms. The zero-order valence-corrected chi connectivity index (χ0v) is 21.5. The Morgan fingerprint density at radius 3 is 2.85 bits per heavy atom. The largest absolute Gasteiger partial charge is 0.497 e. The molecule has 182 valence electrons. The molecule has 4 nitrogen and oxygen atoms in total. The molecule has 0 aliphatic carbocycles. The lowest BCUT2D eigenvalue weighted by atomic mass is 9.82. The number of ether oxygens (including phenoxy) is 1. The van der Waals surface area contributed by atoms with Crippen LogP contribution in [0.3, 0.4) is 0 Å². The number of aryl methyl sites for hydroxylation is 1. The van der Waals surface area contributed by atoms with Gasteiger partial charge in [0.25, 0.3) is 0 Å². The van der Waals surface area contributed by atoms with Crippen LogP contribution in [0.2, 0.25) is 5.02 Å². The van der Waals surface area contributed by atoms with Gasteiger partial charge in [-0.05, 0) is 105 Å². The quantitative estimate of drug-likeness (QED) is 0.247. The molecule has 3 aromatic rings. The lowest BCUT2D eigenvalue weighted by Gasteiger charge is -2.38. The highest BCUT2D eigenvalue weighted by Gasteiger charge is 2.28. The van der Waals surface area contributed by atoms with Crippen LogP contribution in [0.15, 0.2) is 59.6 Å². The average Bonchev–Trinajstić information content (AvgIpc) is 2.88. The molecule has 2 atom stereocenters. The van der Waals surface area contributed by atoms with Crippen LogP contribution < -0.4 is 4.74 Å². The van der Waals surface area contributed by atoms with Crippen LogP contribution >= 0.6 is 23.4 Å². The van der Waals surface area contributed by atoms with Crippen molar-refractivity contribution in [3.8, 4) is 5.75 Å². The van der Waals surface area contributed by atoms with Crippen molar-refractivity contribution in [2.24, 2.45) is 11.8 Å². The number of aliphatic hydroxyl groups excluding tert-OH is 1. The minimum Gasteiger partial charge on any atom is -0.497 e. The summed E-state index contributed by atoms with van der Waals surface area (Å²) in [7, 11) is 1.70. The average molecular weight is 499 g/mol. The van der Waals surface area contributed by atoms with Gasteiger partial charge in [-0.3, -0.25) is 4.98 Å². The molecule has 0 unspecified atom stereocenters. The maximum atomic E-state index is 10.1. The number of piperidine rings is 1. The first-order valence-corrected chi connectivity index (χ1v) is 13.7. The Hall–Kier alpha value is -1.79. The topological polar surface area (TPSA) is 45.6 Å². The second kappa shape index (κ2) is 12.8. The minimum atomic E-state index is 0.283. The van der Waals surface area contributed by atoms with E-state index < -0.39 is 0 Å². The van der Waals surface area contributed by atoms with Gasteiger partial charge in [0.15, 0.2) is 0 Å². The molecule has 34 heavy (non-hydrogen) atoms. The summed E-state index contributed by atoms with van der Waals surface area (Å²) >= 11 is 8.10. The van der Waals surface area contributed by atoms with Crippen molar-refractivity contribution in [3.05, 3.63) is 65.3 Å². The number of rotatable bonds is 11. The normalized spacial score (nSPS) is 18.9. The number of aliphatic hydroxyl groups is 1. The summed E-state index contributed by atoms with van der Waals surface area (Å²) in [4.78, 5) is 8.20. The highest BCUT2D eigenvalue weighted by molar-refractivity contribution is 7.99. The van der Waals surface area contributed by atoms with E-state index in [1.165, 1.54) is 17.4 Å². The first-order valence-electron chi connectivity index (χ1n) is 12.3. The molecule has 2 heterocycles. The predicted molar refractivity (Wildman–Crippen MR) is 143 cm³/mol. The van der Waals surface area contributed by atoms with Gasteiger partial charge in [-0.15, -0.1) is 11.8 Å². The fourth-order valence-corrected chi connectivity index (χ4v) is 6.23. The first kappa shape index (κ1) is 25.3. The van der Waals surface area contributed by atoms with Gasteiger partial charge >= 0.3 is 0 Å². The van der Waals surface area contributed by atoms with E-state index in [4.69, 9.17) is 16.3 Å². The summed E-state index contributed by atoms with van der Waals surface area (Å²) in [5, 5.41) is 12.1. The third kappa shape index (κ3) is 6.66. The zero-order valence-electron chi connectivity index (χ0n) is 20.0. The lowest BCUT2D eigenvalue weighted by Crippen LogP contribution is -2.42. The number of halogens is 1. The molecule has 1 fully saturated rings. The van der Waals surface area contributed by atoms with E-state index in [1.807, 2.05) is 48.3 Å². The molecule has 0 saturated carbocycles. The van der Waals surface area contributed by atoms with Gasteiger partial charge in [0.05, 0.1) is 17.6 Å². The molecular formula is C28H35ClN2O2S. The van der Waals surface area contributed by atoms with Crippen molar-refractivity contribution in [2.75, 3.05) is 39.1 Å². The summed E-state index contributed by atoms with van der Waals surface area (Å²) in [5.74, 6) is 2.92. The smallest absolute Gasteiger partial charge is 0.119 e. The predicted octanol–water partition coefficient (Wildman–Crippen LogP) is 6.33. The number of fused-ring (bicyclic) bond motifs is 1. The van der Waals surface area contributed by atoms with Crippen molar-refractivity contribution in [1.29, 1.82) is 0 Å². The van der Waals surface area contributed by atoms with E-state index in [2.05, 4.69) is 28.1 Å². The van der Waals surface area contributed by atoms with Crippen molar-refractivity contribution in [3.63, 3.8) is 0 Å². The summed E-state index contributed by atoms with van der Waals surface area (Å²) < 4.78 is 5.41. The summed E-state index contributed by atoms with van der Waals surface area (Å²) in [6.45, 7) is 3.51. The van der Waals surface area contributed by atoms with Crippen molar-refractivity contribution in [1.82, 2.24) is 9.88 Å². The van der Waals surface area contributed by atoms with Gasteiger partial charge in [-0.1, -0.05) is 23.7 Å². The van der Waals surface area contributed by atoms with E-state index in [-0.39, 0.29) is 6.61 Å². The number of hydrogen-bond acceptors (Lipinski definition) is 5. The fraction of sp³-hybridized carbons (Fsp3) is 0.464. The van der Waals surface area contributed by atoms with E-state index >= 15 is 0 Å². The molecule has 1 aliphatic heterocycles. The highest BCUT2D eigenvalue weighted by Crippen LogP contribution is 2.31. The van der Waals surface area contributed by atoms with Gasteiger partial charge < -0.3 is 14.7 Å². The maximum absolute atomic E-state index is 10.1. The number of nitrogens with zero attached hydrogens (tertiary/aromatic N) is 2. The molecular weight excluding hydrogens is 464 g/mol. The van der Waals surface area contributed by atoms with Crippen LogP contribution in [0.4, 0.5) is 0 Å². The van der Waals surface area contributed by atoms with Gasteiger partial charge in [0, 0.05) is 29.6 Å². The molecule has 0 amide bonds. The number of aromatic nitrogens is 1. The van der Waals surface area contributed by atoms with Gasteiger partial charge in [0.2, 0.25) is 0 Å². The Balaban J connectivity index is 1.22. The SMILES string of the molecule is COc1ccc2nccc(CCC[C@@H]3CCN(CCCSc4ccccc4Cl)C[C@@H]3CO)c2c1. The van der Waals surface area contributed by atoms with Crippen LogP contribution in [0, 0.1) is 11.8 Å². The van der Waals surface area contributed by atoms with Crippen LogP contribution in [0.5, 0.6) is 5.75 Å². The Bertz CT molecular complexity index is 1060. The second-order valence-corrected chi connectivity index (χ2v) is 10.7. The number of pyridine rings is 1. The Morgan fingerprint density at radius 1 is 1.15 bits per heavy atom. The van der Waals surface area contributed by atoms with E-state index in [0.717, 1.165) is 72.3 Å². The van der Waals surface area contributed by atoms with Crippen molar-refractivity contribution < 1.29 is 9.84 Å². The van der Waals surface area contributed by atoms with Gasteiger partial charge in [-0.25, -0.2) is 0 Å². The molecule has 0 radical (unpaired) electrons. The molecule has 2 aromatic carbocycles. The minimum absolute atomic E-state index is 0.283. The molecule has 0 spiro atoms. The molecule has 0 bridgehead atoms. The Kier molecular flexibility index (Phi) is 9.51. The first-order chi connectivity index (χ1) is 16.7. The molecule has 4 rings (SSSR count). The molecule has 1 N–H and O–H groups in total. The van der Waals surface area contributed by atoms with Gasteiger partial charge in [0.1, 0.15) is 5.75 Å². The summed E-state index contributed by atoms with van der Waals surface area (Å²) in [5.41, 5.74) is 2.35. The van der Waals surface area contributed by atoms with Gasteiger partial charge in [-0.2, -0.15) is 0 Å². The third-order valence-electron chi connectivity index (χ3n) is 6.98. The lowest BCUT2D eigenvalue weighted by molar-refractivity contribution is 0.0677. The van der Waals surface area contributed by atoms with E-state index in [1.54, 1.807) is 7.11 Å².